The highest BCUT2D eigenvalue weighted by Crippen LogP contribution is 2.56. The molecule has 24 heavy (non-hydrogen) atoms. The van der Waals surface area contributed by atoms with Crippen molar-refractivity contribution in [3.63, 3.8) is 0 Å². The van der Waals surface area contributed by atoms with Crippen LogP contribution in [0.4, 0.5) is 0 Å². The van der Waals surface area contributed by atoms with E-state index in [1.807, 2.05) is 11.3 Å². The van der Waals surface area contributed by atoms with Gasteiger partial charge in [-0.15, -0.1) is 11.3 Å². The van der Waals surface area contributed by atoms with E-state index < -0.39 is 0 Å². The van der Waals surface area contributed by atoms with E-state index in [2.05, 4.69) is 37.1 Å². The molecule has 3 heterocycles. The number of likely N-dealkylation sites (tertiary alicyclic amines) is 1. The van der Waals surface area contributed by atoms with E-state index in [1.165, 1.54) is 58.9 Å². The highest BCUT2D eigenvalue weighted by molar-refractivity contribution is 7.18. The molecule has 5 rings (SSSR count). The minimum atomic E-state index is 0.635. The standard InChI is InChI=1S/C20H25N3S/c1-13-3-5-16(21-10-13)14-4-6-18-17(7-14)22-19(24-18)15-8-20(9-15)11-23(2)12-20/h4,6-7,13,15H,3,5,8-12H2,1-2H3/t13-/m0/s1. The van der Waals surface area contributed by atoms with Crippen molar-refractivity contribution in [3.05, 3.63) is 28.8 Å². The summed E-state index contributed by atoms with van der Waals surface area (Å²) in [6, 6.07) is 6.79. The van der Waals surface area contributed by atoms with E-state index in [4.69, 9.17) is 9.98 Å². The van der Waals surface area contributed by atoms with Crippen LogP contribution < -0.4 is 0 Å². The summed E-state index contributed by atoms with van der Waals surface area (Å²) in [7, 11) is 2.23. The predicted molar refractivity (Wildman–Crippen MR) is 101 cm³/mol. The van der Waals surface area contributed by atoms with Gasteiger partial charge in [-0.25, -0.2) is 4.98 Å². The first-order valence-electron chi connectivity index (χ1n) is 9.23. The van der Waals surface area contributed by atoms with Crippen LogP contribution in [0.1, 0.15) is 49.1 Å². The molecule has 1 atom stereocenters. The highest BCUT2D eigenvalue weighted by atomic mass is 32.1. The van der Waals surface area contributed by atoms with E-state index in [0.717, 1.165) is 18.9 Å². The van der Waals surface area contributed by atoms with Gasteiger partial charge in [0.2, 0.25) is 0 Å². The number of benzene rings is 1. The number of hydrogen-bond donors (Lipinski definition) is 0. The van der Waals surface area contributed by atoms with Crippen LogP contribution in [-0.4, -0.2) is 42.3 Å². The maximum atomic E-state index is 5.00. The second-order valence-corrected chi connectivity index (χ2v) is 9.51. The van der Waals surface area contributed by atoms with Crippen LogP contribution in [0, 0.1) is 11.3 Å². The molecule has 126 valence electrons. The maximum absolute atomic E-state index is 5.00. The summed E-state index contributed by atoms with van der Waals surface area (Å²) in [6.45, 7) is 5.85. The molecule has 3 nitrogen and oxygen atoms in total. The fourth-order valence-corrected chi connectivity index (χ4v) is 5.92. The first-order chi connectivity index (χ1) is 11.6. The maximum Gasteiger partial charge on any atom is 0.0969 e. The van der Waals surface area contributed by atoms with Gasteiger partial charge >= 0.3 is 0 Å². The summed E-state index contributed by atoms with van der Waals surface area (Å²) in [5.74, 6) is 1.44. The molecule has 1 aromatic carbocycles. The Morgan fingerprint density at radius 2 is 2.08 bits per heavy atom. The monoisotopic (exact) mass is 339 g/mol. The summed E-state index contributed by atoms with van der Waals surface area (Å²) in [4.78, 5) is 12.2. The van der Waals surface area contributed by atoms with E-state index >= 15 is 0 Å². The molecule has 1 saturated heterocycles. The zero-order chi connectivity index (χ0) is 16.3. The Labute approximate surface area is 147 Å². The van der Waals surface area contributed by atoms with Crippen molar-refractivity contribution in [1.29, 1.82) is 0 Å². The number of aliphatic imine (C=N–C) groups is 1. The average molecular weight is 340 g/mol. The van der Waals surface area contributed by atoms with E-state index in [-0.39, 0.29) is 0 Å². The highest BCUT2D eigenvalue weighted by Gasteiger charge is 2.52. The molecule has 2 aromatic rings. The molecule has 2 fully saturated rings. The van der Waals surface area contributed by atoms with Crippen molar-refractivity contribution < 1.29 is 0 Å². The van der Waals surface area contributed by atoms with Crippen molar-refractivity contribution >= 4 is 27.3 Å². The molecule has 0 radical (unpaired) electrons. The number of thiazole rings is 1. The Balaban J connectivity index is 1.37. The number of nitrogens with zero attached hydrogens (tertiary/aromatic N) is 3. The quantitative estimate of drug-likeness (QED) is 0.815. The van der Waals surface area contributed by atoms with Crippen molar-refractivity contribution in [2.24, 2.45) is 16.3 Å². The van der Waals surface area contributed by atoms with Gasteiger partial charge < -0.3 is 4.90 Å². The number of aromatic nitrogens is 1. The van der Waals surface area contributed by atoms with E-state index in [1.54, 1.807) is 0 Å². The topological polar surface area (TPSA) is 28.5 Å². The van der Waals surface area contributed by atoms with Crippen molar-refractivity contribution in [2.75, 3.05) is 26.7 Å². The molecule has 0 unspecified atom stereocenters. The first-order valence-corrected chi connectivity index (χ1v) is 10.0. The van der Waals surface area contributed by atoms with Crippen LogP contribution in [0.15, 0.2) is 23.2 Å². The minimum absolute atomic E-state index is 0.635. The molecule has 4 heteroatoms. The van der Waals surface area contributed by atoms with Gasteiger partial charge in [-0.3, -0.25) is 4.99 Å². The second-order valence-electron chi connectivity index (χ2n) is 8.44. The lowest BCUT2D eigenvalue weighted by atomic mass is 9.58. The molecule has 2 aliphatic heterocycles. The van der Waals surface area contributed by atoms with Crippen LogP contribution in [0.2, 0.25) is 0 Å². The molecule has 1 saturated carbocycles. The van der Waals surface area contributed by atoms with Crippen molar-refractivity contribution in [3.8, 4) is 0 Å². The van der Waals surface area contributed by atoms with E-state index in [0.29, 0.717) is 11.3 Å². The summed E-state index contributed by atoms with van der Waals surface area (Å²) in [5.41, 5.74) is 4.39. The Morgan fingerprint density at radius 1 is 1.25 bits per heavy atom. The predicted octanol–water partition coefficient (Wildman–Crippen LogP) is 4.32. The lowest BCUT2D eigenvalue weighted by Gasteiger charge is -2.58. The summed E-state index contributed by atoms with van der Waals surface area (Å²) >= 11 is 1.91. The van der Waals surface area contributed by atoms with E-state index in [9.17, 15) is 0 Å². The molecule has 0 amide bonds. The Morgan fingerprint density at radius 3 is 2.79 bits per heavy atom. The van der Waals surface area contributed by atoms with Gasteiger partial charge in [-0.2, -0.15) is 0 Å². The average Bonchev–Trinajstić information content (AvgIpc) is 2.92. The third-order valence-corrected chi connectivity index (χ3v) is 7.32. The van der Waals surface area contributed by atoms with Crippen LogP contribution in [-0.2, 0) is 0 Å². The van der Waals surface area contributed by atoms with Crippen LogP contribution in [0.3, 0.4) is 0 Å². The van der Waals surface area contributed by atoms with Gasteiger partial charge in [0.1, 0.15) is 0 Å². The largest absolute Gasteiger partial charge is 0.305 e. The summed E-state index contributed by atoms with van der Waals surface area (Å²) < 4.78 is 1.34. The van der Waals surface area contributed by atoms with Crippen LogP contribution in [0.5, 0.6) is 0 Å². The Bertz CT molecular complexity index is 807. The normalized spacial score (nSPS) is 27.1. The van der Waals surface area contributed by atoms with Gasteiger partial charge in [0.15, 0.2) is 0 Å². The summed E-state index contributed by atoms with van der Waals surface area (Å²) in [5, 5.41) is 1.36. The van der Waals surface area contributed by atoms with Gasteiger partial charge in [0, 0.05) is 31.3 Å². The number of rotatable bonds is 2. The minimum Gasteiger partial charge on any atom is -0.305 e. The molecule has 3 aliphatic rings. The number of fused-ring (bicyclic) bond motifs is 1. The molecular formula is C20H25N3S. The second kappa shape index (κ2) is 5.37. The fourth-order valence-electron chi connectivity index (χ4n) is 4.87. The van der Waals surface area contributed by atoms with Crippen molar-refractivity contribution in [2.45, 2.75) is 38.5 Å². The lowest BCUT2D eigenvalue weighted by Crippen LogP contribution is -2.59. The Kier molecular flexibility index (Phi) is 3.36. The van der Waals surface area contributed by atoms with Gasteiger partial charge in [0.05, 0.1) is 15.2 Å². The lowest BCUT2D eigenvalue weighted by molar-refractivity contribution is -0.0584. The zero-order valence-corrected chi connectivity index (χ0v) is 15.4. The van der Waals surface area contributed by atoms with Gasteiger partial charge in [0.25, 0.3) is 0 Å². The molecular weight excluding hydrogens is 314 g/mol. The first kappa shape index (κ1) is 15.0. The Hall–Kier alpha value is -1.26. The fraction of sp³-hybridized carbons (Fsp3) is 0.600. The molecule has 0 N–H and O–H groups in total. The van der Waals surface area contributed by atoms with Gasteiger partial charge in [-0.1, -0.05) is 13.0 Å². The smallest absolute Gasteiger partial charge is 0.0969 e. The third-order valence-electron chi connectivity index (χ3n) is 6.12. The zero-order valence-electron chi connectivity index (χ0n) is 14.6. The van der Waals surface area contributed by atoms with Crippen LogP contribution >= 0.6 is 11.3 Å². The SMILES string of the molecule is C[C@H]1CCC(c2ccc3sc(C4CC5(C4)CN(C)C5)nc3c2)=NC1. The molecule has 0 bridgehead atoms. The van der Waals surface area contributed by atoms with Crippen LogP contribution in [0.25, 0.3) is 10.2 Å². The third kappa shape index (κ3) is 2.42. The molecule has 1 spiro atoms. The summed E-state index contributed by atoms with van der Waals surface area (Å²) in [6.07, 6.45) is 5.06. The van der Waals surface area contributed by atoms with Crippen molar-refractivity contribution in [1.82, 2.24) is 9.88 Å². The molecule has 1 aromatic heterocycles. The molecule has 1 aliphatic carbocycles. The van der Waals surface area contributed by atoms with Gasteiger partial charge in [-0.05, 0) is 61.8 Å². The number of hydrogen-bond acceptors (Lipinski definition) is 4.